The third kappa shape index (κ3) is 6.21. The molecule has 0 atom stereocenters. The lowest BCUT2D eigenvalue weighted by Gasteiger charge is -2.28. The molecule has 2 aromatic carbocycles. The second-order valence-electron chi connectivity index (χ2n) is 7.18. The van der Waals surface area contributed by atoms with Crippen molar-refractivity contribution in [1.82, 2.24) is 9.62 Å². The standard InChI is InChI=1S/C21H28N2O3S.ClH/c1-17(2)26-20-8-10-21(11-9-20)27(24,25)22-13-5-14-23-15-12-18-6-3-4-7-19(18)16-23;/h3-4,6-11,17,22H,5,12-16H2,1-2H3;1H. The molecular formula is C21H29ClN2O3S. The van der Waals surface area contributed by atoms with E-state index in [2.05, 4.69) is 33.9 Å². The van der Waals surface area contributed by atoms with E-state index in [1.165, 1.54) is 11.1 Å². The molecule has 28 heavy (non-hydrogen) atoms. The number of rotatable bonds is 8. The Morgan fingerprint density at radius 3 is 2.43 bits per heavy atom. The van der Waals surface area contributed by atoms with E-state index in [4.69, 9.17) is 4.74 Å². The highest BCUT2D eigenvalue weighted by atomic mass is 35.5. The van der Waals surface area contributed by atoms with E-state index in [0.29, 0.717) is 12.3 Å². The van der Waals surface area contributed by atoms with Gasteiger partial charge in [0.25, 0.3) is 0 Å². The van der Waals surface area contributed by atoms with Gasteiger partial charge in [0.05, 0.1) is 11.0 Å². The Kier molecular flexibility index (Phi) is 8.31. The predicted molar refractivity (Wildman–Crippen MR) is 115 cm³/mol. The highest BCUT2D eigenvalue weighted by molar-refractivity contribution is 7.89. The van der Waals surface area contributed by atoms with Crippen molar-refractivity contribution < 1.29 is 13.2 Å². The second kappa shape index (κ2) is 10.3. The Morgan fingerprint density at radius 2 is 1.75 bits per heavy atom. The van der Waals surface area contributed by atoms with Crippen LogP contribution in [0.4, 0.5) is 0 Å². The smallest absolute Gasteiger partial charge is 0.240 e. The Labute approximate surface area is 174 Å². The first-order valence-corrected chi connectivity index (χ1v) is 11.0. The number of fused-ring (bicyclic) bond motifs is 1. The van der Waals surface area contributed by atoms with Gasteiger partial charge in [0.1, 0.15) is 5.75 Å². The van der Waals surface area contributed by atoms with Crippen molar-refractivity contribution in [2.45, 2.75) is 44.2 Å². The molecule has 154 valence electrons. The van der Waals surface area contributed by atoms with Crippen LogP contribution in [0.1, 0.15) is 31.4 Å². The van der Waals surface area contributed by atoms with E-state index in [9.17, 15) is 8.42 Å². The fourth-order valence-corrected chi connectivity index (χ4v) is 4.38. The van der Waals surface area contributed by atoms with Gasteiger partial charge in [-0.05, 0) is 68.6 Å². The zero-order chi connectivity index (χ0) is 19.3. The quantitative estimate of drug-likeness (QED) is 0.657. The van der Waals surface area contributed by atoms with E-state index >= 15 is 0 Å². The van der Waals surface area contributed by atoms with E-state index in [1.54, 1.807) is 24.3 Å². The van der Waals surface area contributed by atoms with E-state index < -0.39 is 10.0 Å². The lowest BCUT2D eigenvalue weighted by molar-refractivity contribution is 0.242. The third-order valence-electron chi connectivity index (χ3n) is 4.66. The first kappa shape index (κ1) is 22.7. The van der Waals surface area contributed by atoms with Crippen molar-refractivity contribution in [3.8, 4) is 5.75 Å². The van der Waals surface area contributed by atoms with Gasteiger partial charge >= 0.3 is 0 Å². The Bertz CT molecular complexity index is 854. The summed E-state index contributed by atoms with van der Waals surface area (Å²) in [7, 11) is -3.48. The summed E-state index contributed by atoms with van der Waals surface area (Å²) < 4.78 is 33.1. The van der Waals surface area contributed by atoms with Crippen LogP contribution in [0.25, 0.3) is 0 Å². The number of benzene rings is 2. The minimum Gasteiger partial charge on any atom is -0.491 e. The molecule has 0 amide bonds. The summed E-state index contributed by atoms with van der Waals surface area (Å²) in [6.45, 7) is 7.17. The van der Waals surface area contributed by atoms with Crippen molar-refractivity contribution in [2.75, 3.05) is 19.6 Å². The lowest BCUT2D eigenvalue weighted by atomic mass is 10.00. The van der Waals surface area contributed by atoms with Crippen molar-refractivity contribution >= 4 is 22.4 Å². The SMILES string of the molecule is CC(C)Oc1ccc(S(=O)(=O)NCCCN2CCc3ccccc3C2)cc1.Cl. The third-order valence-corrected chi connectivity index (χ3v) is 6.14. The molecule has 1 heterocycles. The highest BCUT2D eigenvalue weighted by Gasteiger charge is 2.16. The number of nitrogens with one attached hydrogen (secondary N) is 1. The van der Waals surface area contributed by atoms with Gasteiger partial charge in [0.15, 0.2) is 0 Å². The Morgan fingerprint density at radius 1 is 1.07 bits per heavy atom. The van der Waals surface area contributed by atoms with Gasteiger partial charge in [-0.25, -0.2) is 13.1 Å². The van der Waals surface area contributed by atoms with E-state index in [0.717, 1.165) is 32.5 Å². The maximum atomic E-state index is 12.4. The number of nitrogens with zero attached hydrogens (tertiary/aromatic N) is 1. The first-order chi connectivity index (χ1) is 12.9. The van der Waals surface area contributed by atoms with Crippen LogP contribution in [0.15, 0.2) is 53.4 Å². The fourth-order valence-electron chi connectivity index (χ4n) is 3.31. The Hall–Kier alpha value is -1.60. The number of halogens is 1. The number of ether oxygens (including phenoxy) is 1. The highest BCUT2D eigenvalue weighted by Crippen LogP contribution is 2.19. The molecule has 1 aliphatic rings. The van der Waals surface area contributed by atoms with Gasteiger partial charge in [-0.2, -0.15) is 0 Å². The maximum Gasteiger partial charge on any atom is 0.240 e. The van der Waals surface area contributed by atoms with E-state index in [-0.39, 0.29) is 23.4 Å². The molecule has 0 aliphatic carbocycles. The minimum absolute atomic E-state index is 0. The molecule has 2 aromatic rings. The molecule has 3 rings (SSSR count). The van der Waals surface area contributed by atoms with Crippen LogP contribution in [0.2, 0.25) is 0 Å². The molecule has 0 unspecified atom stereocenters. The maximum absolute atomic E-state index is 12.4. The summed E-state index contributed by atoms with van der Waals surface area (Å²) in [5.74, 6) is 0.675. The predicted octanol–water partition coefficient (Wildman–Crippen LogP) is 3.62. The van der Waals surface area contributed by atoms with Gasteiger partial charge in [-0.3, -0.25) is 4.90 Å². The van der Waals surface area contributed by atoms with Gasteiger partial charge < -0.3 is 4.74 Å². The summed E-state index contributed by atoms with van der Waals surface area (Å²) in [6.07, 6.45) is 1.91. The fraction of sp³-hybridized carbons (Fsp3) is 0.429. The van der Waals surface area contributed by atoms with Crippen LogP contribution in [0.3, 0.4) is 0 Å². The van der Waals surface area contributed by atoms with E-state index in [1.807, 2.05) is 13.8 Å². The van der Waals surface area contributed by atoms with Crippen molar-refractivity contribution in [3.63, 3.8) is 0 Å². The zero-order valence-electron chi connectivity index (χ0n) is 16.4. The molecule has 0 fully saturated rings. The molecule has 0 spiro atoms. The van der Waals surface area contributed by atoms with Crippen LogP contribution < -0.4 is 9.46 Å². The summed E-state index contributed by atoms with van der Waals surface area (Å²) in [5.41, 5.74) is 2.81. The van der Waals surface area contributed by atoms with Crippen molar-refractivity contribution in [1.29, 1.82) is 0 Å². The van der Waals surface area contributed by atoms with Crippen LogP contribution in [-0.4, -0.2) is 39.1 Å². The summed E-state index contributed by atoms with van der Waals surface area (Å²) >= 11 is 0. The average Bonchev–Trinajstić information content (AvgIpc) is 2.65. The van der Waals surface area contributed by atoms with Crippen molar-refractivity contribution in [3.05, 3.63) is 59.7 Å². The topological polar surface area (TPSA) is 58.6 Å². The molecule has 0 bridgehead atoms. The minimum atomic E-state index is -3.48. The van der Waals surface area contributed by atoms with Crippen LogP contribution in [-0.2, 0) is 23.0 Å². The van der Waals surface area contributed by atoms with Gasteiger partial charge in [-0.1, -0.05) is 24.3 Å². The molecule has 7 heteroatoms. The molecule has 0 radical (unpaired) electrons. The molecule has 0 saturated carbocycles. The lowest BCUT2D eigenvalue weighted by Crippen LogP contribution is -2.33. The van der Waals surface area contributed by atoms with Crippen LogP contribution in [0, 0.1) is 0 Å². The zero-order valence-corrected chi connectivity index (χ0v) is 18.1. The number of hydrogen-bond acceptors (Lipinski definition) is 4. The molecule has 1 aliphatic heterocycles. The number of sulfonamides is 1. The average molecular weight is 425 g/mol. The van der Waals surface area contributed by atoms with Crippen LogP contribution in [0.5, 0.6) is 5.75 Å². The van der Waals surface area contributed by atoms with Crippen LogP contribution >= 0.6 is 12.4 Å². The monoisotopic (exact) mass is 424 g/mol. The molecular weight excluding hydrogens is 396 g/mol. The normalized spacial score (nSPS) is 14.4. The first-order valence-electron chi connectivity index (χ1n) is 9.49. The van der Waals surface area contributed by atoms with Crippen molar-refractivity contribution in [2.24, 2.45) is 0 Å². The largest absolute Gasteiger partial charge is 0.491 e. The molecule has 5 nitrogen and oxygen atoms in total. The Balaban J connectivity index is 0.00000280. The number of hydrogen-bond donors (Lipinski definition) is 1. The summed E-state index contributed by atoms with van der Waals surface area (Å²) in [5, 5.41) is 0. The second-order valence-corrected chi connectivity index (χ2v) is 8.95. The summed E-state index contributed by atoms with van der Waals surface area (Å²) in [4.78, 5) is 2.65. The van der Waals surface area contributed by atoms with Gasteiger partial charge in [0.2, 0.25) is 10.0 Å². The molecule has 0 saturated heterocycles. The summed E-state index contributed by atoms with van der Waals surface area (Å²) in [6, 6.07) is 15.1. The molecule has 0 aromatic heterocycles. The molecule has 1 N–H and O–H groups in total. The van der Waals surface area contributed by atoms with Gasteiger partial charge in [0, 0.05) is 19.6 Å². The van der Waals surface area contributed by atoms with Gasteiger partial charge in [-0.15, -0.1) is 12.4 Å².